The molecule has 0 unspecified atom stereocenters. The van der Waals surface area contributed by atoms with Crippen LogP contribution in [0.25, 0.3) is 0 Å². The summed E-state index contributed by atoms with van der Waals surface area (Å²) in [7, 11) is 1.57. The van der Waals surface area contributed by atoms with E-state index in [0.717, 1.165) is 11.5 Å². The minimum absolute atomic E-state index is 0.0418. The number of ketones is 1. The van der Waals surface area contributed by atoms with Crippen molar-refractivity contribution in [3.8, 4) is 0 Å². The number of hydrogen-bond acceptors (Lipinski definition) is 2. The van der Waals surface area contributed by atoms with E-state index in [0.29, 0.717) is 0 Å². The zero-order valence-electron chi connectivity index (χ0n) is 10.8. The van der Waals surface area contributed by atoms with E-state index >= 15 is 0 Å². The van der Waals surface area contributed by atoms with Gasteiger partial charge in [0.2, 0.25) is 0 Å². The molecule has 2 heteroatoms. The molecule has 92 valence electrons. The zero-order chi connectivity index (χ0) is 12.5. The third kappa shape index (κ3) is 2.42. The quantitative estimate of drug-likeness (QED) is 0.742. The van der Waals surface area contributed by atoms with E-state index < -0.39 is 5.60 Å². The van der Waals surface area contributed by atoms with Crippen LogP contribution in [0.2, 0.25) is 0 Å². The third-order valence-electron chi connectivity index (χ3n) is 3.81. The molecule has 2 rings (SSSR count). The minimum Gasteiger partial charge on any atom is -0.371 e. The van der Waals surface area contributed by atoms with Crippen molar-refractivity contribution < 1.29 is 9.53 Å². The molecule has 0 spiro atoms. The Morgan fingerprint density at radius 3 is 2.24 bits per heavy atom. The number of hydrogen-bond donors (Lipinski definition) is 0. The maximum absolute atomic E-state index is 12.1. The standard InChI is InChI=1S/C15H20O2/c1-15(2,17-3)14(16)13-9-7-12(8-10-13)11-5-4-6-11/h7-11H,4-6H2,1-3H3. The number of carbonyl (C=O) groups is 1. The SMILES string of the molecule is COC(C)(C)C(=O)c1ccc(C2CCC2)cc1. The monoisotopic (exact) mass is 232 g/mol. The van der Waals surface area contributed by atoms with Gasteiger partial charge in [0.05, 0.1) is 0 Å². The molecule has 1 aliphatic carbocycles. The first kappa shape index (κ1) is 12.3. The fraction of sp³-hybridized carbons (Fsp3) is 0.533. The van der Waals surface area contributed by atoms with Gasteiger partial charge in [-0.15, -0.1) is 0 Å². The van der Waals surface area contributed by atoms with Gasteiger partial charge in [0.25, 0.3) is 0 Å². The molecular weight excluding hydrogens is 212 g/mol. The highest BCUT2D eigenvalue weighted by Crippen LogP contribution is 2.36. The van der Waals surface area contributed by atoms with Crippen molar-refractivity contribution in [2.45, 2.75) is 44.6 Å². The van der Waals surface area contributed by atoms with Crippen molar-refractivity contribution in [3.05, 3.63) is 35.4 Å². The topological polar surface area (TPSA) is 26.3 Å². The summed E-state index contributed by atoms with van der Waals surface area (Å²) in [4.78, 5) is 12.1. The van der Waals surface area contributed by atoms with Crippen LogP contribution in [0.1, 0.15) is 54.9 Å². The van der Waals surface area contributed by atoms with E-state index in [2.05, 4.69) is 12.1 Å². The van der Waals surface area contributed by atoms with Gasteiger partial charge in [0.15, 0.2) is 5.78 Å². The molecule has 0 radical (unpaired) electrons. The maximum atomic E-state index is 12.1. The number of ether oxygens (including phenoxy) is 1. The van der Waals surface area contributed by atoms with E-state index in [4.69, 9.17) is 4.74 Å². The molecule has 17 heavy (non-hydrogen) atoms. The highest BCUT2D eigenvalue weighted by Gasteiger charge is 2.28. The lowest BCUT2D eigenvalue weighted by Gasteiger charge is -2.26. The average Bonchev–Trinajstić information content (AvgIpc) is 2.27. The summed E-state index contributed by atoms with van der Waals surface area (Å²) in [6.45, 7) is 3.60. The number of methoxy groups -OCH3 is 1. The van der Waals surface area contributed by atoms with Crippen LogP contribution in [0.15, 0.2) is 24.3 Å². The molecule has 0 aliphatic heterocycles. The largest absolute Gasteiger partial charge is 0.371 e. The van der Waals surface area contributed by atoms with Crippen molar-refractivity contribution >= 4 is 5.78 Å². The molecule has 0 bridgehead atoms. The first-order valence-electron chi connectivity index (χ1n) is 6.24. The number of rotatable bonds is 4. The first-order valence-corrected chi connectivity index (χ1v) is 6.24. The molecule has 0 aromatic heterocycles. The molecule has 1 aromatic rings. The molecule has 0 heterocycles. The first-order chi connectivity index (χ1) is 8.04. The Kier molecular flexibility index (Phi) is 3.34. The van der Waals surface area contributed by atoms with E-state index in [9.17, 15) is 4.79 Å². The van der Waals surface area contributed by atoms with Crippen LogP contribution in [0, 0.1) is 0 Å². The highest BCUT2D eigenvalue weighted by molar-refractivity contribution is 6.01. The van der Waals surface area contributed by atoms with Crippen LogP contribution in [0.5, 0.6) is 0 Å². The maximum Gasteiger partial charge on any atom is 0.194 e. The number of carbonyl (C=O) groups excluding carboxylic acids is 1. The van der Waals surface area contributed by atoms with Crippen LogP contribution in [-0.4, -0.2) is 18.5 Å². The van der Waals surface area contributed by atoms with E-state index in [-0.39, 0.29) is 5.78 Å². The van der Waals surface area contributed by atoms with Crippen molar-refractivity contribution in [2.75, 3.05) is 7.11 Å². The van der Waals surface area contributed by atoms with Crippen LogP contribution < -0.4 is 0 Å². The van der Waals surface area contributed by atoms with Crippen LogP contribution in [0.3, 0.4) is 0 Å². The van der Waals surface area contributed by atoms with Crippen LogP contribution >= 0.6 is 0 Å². The lowest BCUT2D eigenvalue weighted by Crippen LogP contribution is -2.33. The van der Waals surface area contributed by atoms with Gasteiger partial charge in [-0.05, 0) is 38.2 Å². The van der Waals surface area contributed by atoms with Crippen LogP contribution in [0.4, 0.5) is 0 Å². The Labute approximate surface area is 103 Å². The molecule has 2 nitrogen and oxygen atoms in total. The molecule has 1 fully saturated rings. The summed E-state index contributed by atoms with van der Waals surface area (Å²) in [5, 5.41) is 0. The fourth-order valence-electron chi connectivity index (χ4n) is 2.09. The second-order valence-corrected chi connectivity index (χ2v) is 5.29. The predicted octanol–water partition coefficient (Wildman–Crippen LogP) is 3.56. The molecule has 1 aliphatic rings. The smallest absolute Gasteiger partial charge is 0.194 e. The van der Waals surface area contributed by atoms with E-state index in [1.807, 2.05) is 12.1 Å². The summed E-state index contributed by atoms with van der Waals surface area (Å²) < 4.78 is 5.21. The number of benzene rings is 1. The van der Waals surface area contributed by atoms with Crippen molar-refractivity contribution in [1.82, 2.24) is 0 Å². The highest BCUT2D eigenvalue weighted by atomic mass is 16.5. The van der Waals surface area contributed by atoms with Crippen molar-refractivity contribution in [3.63, 3.8) is 0 Å². The summed E-state index contributed by atoms with van der Waals surface area (Å²) in [5.74, 6) is 0.759. The summed E-state index contributed by atoms with van der Waals surface area (Å²) >= 11 is 0. The van der Waals surface area contributed by atoms with Gasteiger partial charge in [-0.2, -0.15) is 0 Å². The molecule has 0 atom stereocenters. The van der Waals surface area contributed by atoms with E-state index in [1.165, 1.54) is 24.8 Å². The third-order valence-corrected chi connectivity index (χ3v) is 3.81. The lowest BCUT2D eigenvalue weighted by molar-refractivity contribution is 0.0228. The Balaban J connectivity index is 2.14. The van der Waals surface area contributed by atoms with Crippen molar-refractivity contribution in [1.29, 1.82) is 0 Å². The molecule has 0 amide bonds. The van der Waals surface area contributed by atoms with Gasteiger partial charge < -0.3 is 4.74 Å². The number of Topliss-reactive ketones (excluding diaryl/α,β-unsaturated/α-hetero) is 1. The molecular formula is C15H20O2. The van der Waals surface area contributed by atoms with Gasteiger partial charge in [-0.25, -0.2) is 0 Å². The van der Waals surface area contributed by atoms with Gasteiger partial charge in [0, 0.05) is 12.7 Å². The summed E-state index contributed by atoms with van der Waals surface area (Å²) in [6, 6.07) is 8.03. The summed E-state index contributed by atoms with van der Waals surface area (Å²) in [5.41, 5.74) is 1.36. The molecule has 1 saturated carbocycles. The molecule has 1 aromatic carbocycles. The van der Waals surface area contributed by atoms with Gasteiger partial charge >= 0.3 is 0 Å². The zero-order valence-corrected chi connectivity index (χ0v) is 10.8. The predicted molar refractivity (Wildman–Crippen MR) is 68.5 cm³/mol. The second kappa shape index (κ2) is 4.61. The summed E-state index contributed by atoms with van der Waals surface area (Å²) in [6.07, 6.45) is 3.91. The van der Waals surface area contributed by atoms with Gasteiger partial charge in [-0.1, -0.05) is 30.7 Å². The second-order valence-electron chi connectivity index (χ2n) is 5.29. The van der Waals surface area contributed by atoms with Gasteiger partial charge in [-0.3, -0.25) is 4.79 Å². The Bertz CT molecular complexity index is 399. The van der Waals surface area contributed by atoms with Gasteiger partial charge in [0.1, 0.15) is 5.60 Å². The average molecular weight is 232 g/mol. The van der Waals surface area contributed by atoms with Crippen molar-refractivity contribution in [2.24, 2.45) is 0 Å². The normalized spacial score (nSPS) is 16.6. The fourth-order valence-corrected chi connectivity index (χ4v) is 2.09. The molecule has 0 saturated heterocycles. The minimum atomic E-state index is -0.738. The Morgan fingerprint density at radius 2 is 1.82 bits per heavy atom. The van der Waals surface area contributed by atoms with E-state index in [1.54, 1.807) is 21.0 Å². The molecule has 0 N–H and O–H groups in total. The Hall–Kier alpha value is -1.15. The Morgan fingerprint density at radius 1 is 1.24 bits per heavy atom. The lowest BCUT2D eigenvalue weighted by atomic mass is 9.79. The van der Waals surface area contributed by atoms with Crippen LogP contribution in [-0.2, 0) is 4.74 Å².